The first-order valence-corrected chi connectivity index (χ1v) is 5.11. The molecule has 1 aliphatic rings. The van der Waals surface area contributed by atoms with Crippen molar-refractivity contribution in [2.45, 2.75) is 46.1 Å². The van der Waals surface area contributed by atoms with Crippen molar-refractivity contribution < 1.29 is 4.79 Å². The lowest BCUT2D eigenvalue weighted by atomic mass is 9.63. The van der Waals surface area contributed by atoms with Gasteiger partial charge in [-0.25, -0.2) is 9.79 Å². The van der Waals surface area contributed by atoms with Crippen molar-refractivity contribution in [2.75, 3.05) is 0 Å². The molecule has 1 saturated carbocycles. The highest BCUT2D eigenvalue weighted by atomic mass is 16.1. The van der Waals surface area contributed by atoms with Gasteiger partial charge in [0.05, 0.1) is 6.04 Å². The molecule has 0 aromatic heterocycles. The van der Waals surface area contributed by atoms with E-state index in [0.717, 1.165) is 19.3 Å². The predicted molar refractivity (Wildman–Crippen MR) is 57.8 cm³/mol. The maximum Gasteiger partial charge on any atom is 0.235 e. The Labute approximate surface area is 86.1 Å². The molecule has 0 amide bonds. The number of allylic oxidation sites excluding steroid dienone is 1. The molecule has 2 atom stereocenters. The van der Waals surface area contributed by atoms with Gasteiger partial charge in [0.2, 0.25) is 6.08 Å². The summed E-state index contributed by atoms with van der Waals surface area (Å²) in [6.45, 7) is 10.5. The number of rotatable bonds is 2. The Morgan fingerprint density at radius 1 is 1.43 bits per heavy atom. The molecule has 78 valence electrons. The van der Waals surface area contributed by atoms with Crippen LogP contribution in [0.2, 0.25) is 0 Å². The fourth-order valence-corrected chi connectivity index (χ4v) is 2.81. The Hall–Kier alpha value is -0.880. The van der Waals surface area contributed by atoms with Crippen LogP contribution in [0, 0.1) is 10.8 Å². The lowest BCUT2D eigenvalue weighted by molar-refractivity contribution is 0.122. The summed E-state index contributed by atoms with van der Waals surface area (Å²) in [4.78, 5) is 14.1. The lowest BCUT2D eigenvalue weighted by Crippen LogP contribution is -2.36. The second-order valence-corrected chi connectivity index (χ2v) is 5.48. The first kappa shape index (κ1) is 11.2. The van der Waals surface area contributed by atoms with Crippen LogP contribution in [0.25, 0.3) is 0 Å². The van der Waals surface area contributed by atoms with Gasteiger partial charge in [-0.2, -0.15) is 0 Å². The van der Waals surface area contributed by atoms with Crippen LogP contribution in [-0.2, 0) is 4.79 Å². The van der Waals surface area contributed by atoms with Gasteiger partial charge in [-0.1, -0.05) is 26.8 Å². The molecule has 0 spiro atoms. The van der Waals surface area contributed by atoms with Crippen molar-refractivity contribution in [2.24, 2.45) is 15.8 Å². The minimum atomic E-state index is 0.118. The highest BCUT2D eigenvalue weighted by Crippen LogP contribution is 2.47. The van der Waals surface area contributed by atoms with E-state index in [2.05, 4.69) is 32.3 Å². The van der Waals surface area contributed by atoms with Gasteiger partial charge in [-0.05, 0) is 30.1 Å². The van der Waals surface area contributed by atoms with E-state index in [1.807, 2.05) is 6.08 Å². The zero-order valence-corrected chi connectivity index (χ0v) is 9.34. The van der Waals surface area contributed by atoms with Crippen LogP contribution in [0.15, 0.2) is 17.6 Å². The van der Waals surface area contributed by atoms with Crippen LogP contribution < -0.4 is 0 Å². The maximum atomic E-state index is 10.3. The largest absolute Gasteiger partial charge is 0.235 e. The van der Waals surface area contributed by atoms with Gasteiger partial charge in [0, 0.05) is 0 Å². The molecule has 0 saturated heterocycles. The third-order valence-corrected chi connectivity index (χ3v) is 3.10. The van der Waals surface area contributed by atoms with E-state index >= 15 is 0 Å². The molecule has 0 N–H and O–H groups in total. The molecule has 0 aliphatic heterocycles. The molecule has 1 fully saturated rings. The molecule has 0 heterocycles. The molecule has 2 unspecified atom stereocenters. The molecule has 0 aromatic carbocycles. The van der Waals surface area contributed by atoms with Crippen molar-refractivity contribution in [3.8, 4) is 0 Å². The van der Waals surface area contributed by atoms with Gasteiger partial charge in [-0.15, -0.1) is 6.58 Å². The summed E-state index contributed by atoms with van der Waals surface area (Å²) in [6.07, 6.45) is 6.70. The van der Waals surface area contributed by atoms with Gasteiger partial charge in [0.15, 0.2) is 0 Å². The van der Waals surface area contributed by atoms with Crippen LogP contribution in [0.3, 0.4) is 0 Å². The average molecular weight is 193 g/mol. The SMILES string of the molecule is C=CC1(C)CC(N=C=O)CC(C)(C)C1. The minimum absolute atomic E-state index is 0.118. The van der Waals surface area contributed by atoms with E-state index in [-0.39, 0.29) is 16.9 Å². The summed E-state index contributed by atoms with van der Waals surface area (Å²) in [5.41, 5.74) is 0.360. The van der Waals surface area contributed by atoms with Crippen LogP contribution in [0.4, 0.5) is 0 Å². The van der Waals surface area contributed by atoms with Crippen LogP contribution >= 0.6 is 0 Å². The fourth-order valence-electron chi connectivity index (χ4n) is 2.81. The third-order valence-electron chi connectivity index (χ3n) is 3.10. The van der Waals surface area contributed by atoms with Gasteiger partial charge >= 0.3 is 0 Å². The summed E-state index contributed by atoms with van der Waals surface area (Å²) in [5.74, 6) is 0. The van der Waals surface area contributed by atoms with Crippen LogP contribution in [0.1, 0.15) is 40.0 Å². The van der Waals surface area contributed by atoms with Crippen LogP contribution in [-0.4, -0.2) is 12.1 Å². The number of aliphatic imine (C=N–C) groups is 1. The Kier molecular flexibility index (Phi) is 2.96. The molecule has 0 radical (unpaired) electrons. The Morgan fingerprint density at radius 2 is 2.07 bits per heavy atom. The molecular weight excluding hydrogens is 174 g/mol. The maximum absolute atomic E-state index is 10.3. The van der Waals surface area contributed by atoms with E-state index < -0.39 is 0 Å². The van der Waals surface area contributed by atoms with E-state index in [0.29, 0.717) is 0 Å². The van der Waals surface area contributed by atoms with E-state index in [1.165, 1.54) is 0 Å². The first-order valence-electron chi connectivity index (χ1n) is 5.11. The highest BCUT2D eigenvalue weighted by molar-refractivity contribution is 5.33. The molecule has 0 aromatic rings. The van der Waals surface area contributed by atoms with Crippen molar-refractivity contribution in [1.82, 2.24) is 0 Å². The highest BCUT2D eigenvalue weighted by Gasteiger charge is 2.39. The van der Waals surface area contributed by atoms with E-state index in [4.69, 9.17) is 0 Å². The Balaban J connectivity index is 2.87. The number of hydrogen-bond donors (Lipinski definition) is 0. The molecule has 14 heavy (non-hydrogen) atoms. The van der Waals surface area contributed by atoms with E-state index in [1.54, 1.807) is 6.08 Å². The Morgan fingerprint density at radius 3 is 2.57 bits per heavy atom. The average Bonchev–Trinajstić information content (AvgIpc) is 2.01. The molecule has 1 aliphatic carbocycles. The number of nitrogens with zero attached hydrogens (tertiary/aromatic N) is 1. The summed E-state index contributed by atoms with van der Waals surface area (Å²) in [7, 11) is 0. The summed E-state index contributed by atoms with van der Waals surface area (Å²) in [5, 5.41) is 0. The number of hydrogen-bond acceptors (Lipinski definition) is 2. The zero-order chi connectivity index (χ0) is 10.8. The quantitative estimate of drug-likeness (QED) is 0.376. The van der Waals surface area contributed by atoms with E-state index in [9.17, 15) is 4.79 Å². The summed E-state index contributed by atoms with van der Waals surface area (Å²) in [6, 6.07) is 0.124. The second kappa shape index (κ2) is 3.70. The Bertz CT molecular complexity index is 276. The summed E-state index contributed by atoms with van der Waals surface area (Å²) < 4.78 is 0. The standard InChI is InChI=1S/C12H19NO/c1-5-12(4)7-10(13-9-14)6-11(2,3)8-12/h5,10H,1,6-8H2,2-4H3. The van der Waals surface area contributed by atoms with Gasteiger partial charge in [0.1, 0.15) is 0 Å². The third kappa shape index (κ3) is 2.55. The topological polar surface area (TPSA) is 29.4 Å². The first-order chi connectivity index (χ1) is 6.41. The fraction of sp³-hybridized carbons (Fsp3) is 0.750. The number of isocyanates is 1. The zero-order valence-electron chi connectivity index (χ0n) is 9.34. The summed E-state index contributed by atoms with van der Waals surface area (Å²) >= 11 is 0. The smallest absolute Gasteiger partial charge is 0.211 e. The van der Waals surface area contributed by atoms with Crippen molar-refractivity contribution in [1.29, 1.82) is 0 Å². The van der Waals surface area contributed by atoms with Crippen molar-refractivity contribution >= 4 is 6.08 Å². The van der Waals surface area contributed by atoms with Crippen LogP contribution in [0.5, 0.6) is 0 Å². The molecule has 0 bridgehead atoms. The molecule has 1 rings (SSSR count). The normalized spacial score (nSPS) is 35.8. The second-order valence-electron chi connectivity index (χ2n) is 5.48. The van der Waals surface area contributed by atoms with Gasteiger partial charge in [-0.3, -0.25) is 0 Å². The van der Waals surface area contributed by atoms with Crippen molar-refractivity contribution in [3.05, 3.63) is 12.7 Å². The van der Waals surface area contributed by atoms with Gasteiger partial charge in [0.25, 0.3) is 0 Å². The van der Waals surface area contributed by atoms with Gasteiger partial charge < -0.3 is 0 Å². The molecule has 2 nitrogen and oxygen atoms in total. The molecular formula is C12H19NO. The monoisotopic (exact) mass is 193 g/mol. The van der Waals surface area contributed by atoms with Crippen molar-refractivity contribution in [3.63, 3.8) is 0 Å². The minimum Gasteiger partial charge on any atom is -0.211 e. The number of carbonyl (C=O) groups excluding carboxylic acids is 1. The predicted octanol–water partition coefficient (Wildman–Crippen LogP) is 3.09. The molecule has 2 heteroatoms. The lowest BCUT2D eigenvalue weighted by Gasteiger charge is -2.43.